The minimum Gasteiger partial charge on any atom is -0.412 e. The first-order chi connectivity index (χ1) is 7.82. The molecule has 96 valence electrons. The van der Waals surface area contributed by atoms with Gasteiger partial charge in [-0.3, -0.25) is 0 Å². The molecule has 1 heterocycles. The number of carbonyl (C=O) groups excluding carboxylic acids is 2. The normalized spacial score (nSPS) is 15.6. The van der Waals surface area contributed by atoms with Crippen LogP contribution in [0.2, 0.25) is 0 Å². The Hall–Kier alpha value is -1.76. The van der Waals surface area contributed by atoms with Crippen molar-refractivity contribution in [1.82, 2.24) is 19.8 Å². The molecule has 0 aromatic carbocycles. The van der Waals surface area contributed by atoms with E-state index in [1.807, 2.05) is 0 Å². The van der Waals surface area contributed by atoms with Crippen LogP contribution in [0.1, 0.15) is 0 Å². The summed E-state index contributed by atoms with van der Waals surface area (Å²) >= 11 is 0. The number of carbonyl (C=O) groups is 2. The Balaban J connectivity index is 2.69. The Morgan fingerprint density at radius 3 is 2.29 bits per heavy atom. The van der Waals surface area contributed by atoms with Gasteiger partial charge in [-0.15, -0.1) is 0 Å². The van der Waals surface area contributed by atoms with Gasteiger partial charge < -0.3 is 14.5 Å². The first-order valence-corrected chi connectivity index (χ1v) is 5.14. The third-order valence-electron chi connectivity index (χ3n) is 2.18. The summed E-state index contributed by atoms with van der Waals surface area (Å²) in [5, 5.41) is 3.07. The largest absolute Gasteiger partial charge is 0.414 e. The lowest BCUT2D eigenvalue weighted by atomic mass is 10.5. The van der Waals surface area contributed by atoms with Crippen molar-refractivity contribution >= 4 is 12.1 Å². The van der Waals surface area contributed by atoms with Gasteiger partial charge in [0.1, 0.15) is 5.76 Å². The molecule has 1 rings (SSSR count). The van der Waals surface area contributed by atoms with Crippen molar-refractivity contribution in [3.63, 3.8) is 0 Å². The summed E-state index contributed by atoms with van der Waals surface area (Å²) in [4.78, 5) is 25.9. The molecule has 0 bridgehead atoms. The molecule has 17 heavy (non-hydrogen) atoms. The Morgan fingerprint density at radius 1 is 1.24 bits per heavy atom. The number of likely N-dealkylation sites (N-methyl/N-ethyl adjacent to an activating group) is 1. The van der Waals surface area contributed by atoms with E-state index in [0.717, 1.165) is 0 Å². The number of amides is 3. The second kappa shape index (κ2) is 5.05. The topological polar surface area (TPSA) is 56.3 Å². The van der Waals surface area contributed by atoms with Crippen LogP contribution in [0.25, 0.3) is 0 Å². The molecule has 0 fully saturated rings. The number of urea groups is 1. The van der Waals surface area contributed by atoms with Crippen molar-refractivity contribution in [2.75, 3.05) is 41.8 Å². The van der Waals surface area contributed by atoms with E-state index < -0.39 is 6.09 Å². The lowest BCUT2D eigenvalue weighted by molar-refractivity contribution is 0.0863. The molecule has 3 amide bonds. The summed E-state index contributed by atoms with van der Waals surface area (Å²) in [5.74, 6) is 0.446. The quantitative estimate of drug-likeness (QED) is 0.666. The van der Waals surface area contributed by atoms with Gasteiger partial charge in [0, 0.05) is 35.2 Å². The Morgan fingerprint density at radius 2 is 1.82 bits per heavy atom. The van der Waals surface area contributed by atoms with Crippen molar-refractivity contribution < 1.29 is 14.3 Å². The van der Waals surface area contributed by atoms with Crippen LogP contribution < -0.4 is 0 Å². The zero-order valence-corrected chi connectivity index (χ0v) is 10.8. The van der Waals surface area contributed by atoms with Gasteiger partial charge in [-0.2, -0.15) is 0 Å². The molecule has 7 nitrogen and oxygen atoms in total. The predicted octanol–water partition coefficient (Wildman–Crippen LogP) is 0.370. The van der Waals surface area contributed by atoms with E-state index in [1.54, 1.807) is 40.2 Å². The van der Waals surface area contributed by atoms with E-state index >= 15 is 0 Å². The summed E-state index contributed by atoms with van der Waals surface area (Å²) in [7, 11) is 8.27. The van der Waals surface area contributed by atoms with Crippen LogP contribution in [0.5, 0.6) is 0 Å². The first-order valence-electron chi connectivity index (χ1n) is 5.14. The van der Waals surface area contributed by atoms with Crippen LogP contribution >= 0.6 is 0 Å². The number of nitrogens with zero attached hydrogens (tertiary/aromatic N) is 4. The van der Waals surface area contributed by atoms with Gasteiger partial charge in [0.05, 0.1) is 12.7 Å². The molecule has 0 aromatic rings. The van der Waals surface area contributed by atoms with Crippen LogP contribution in [-0.2, 0) is 4.74 Å². The van der Waals surface area contributed by atoms with Gasteiger partial charge in [0.25, 0.3) is 0 Å². The van der Waals surface area contributed by atoms with Crippen molar-refractivity contribution in [3.8, 4) is 0 Å². The minimum absolute atomic E-state index is 0.191. The fraction of sp³-hybridized carbons (Fsp3) is 0.600. The van der Waals surface area contributed by atoms with Crippen molar-refractivity contribution in [2.45, 2.75) is 0 Å². The van der Waals surface area contributed by atoms with Gasteiger partial charge >= 0.3 is 12.1 Å². The van der Waals surface area contributed by atoms with Crippen LogP contribution in [0.15, 0.2) is 12.0 Å². The molecule has 0 aromatic heterocycles. The summed E-state index contributed by atoms with van der Waals surface area (Å²) in [6.07, 6.45) is 1.06. The highest BCUT2D eigenvalue weighted by Crippen LogP contribution is 2.16. The van der Waals surface area contributed by atoms with Crippen LogP contribution in [0, 0.1) is 0 Å². The second-order valence-electron chi connectivity index (χ2n) is 4.20. The lowest BCUT2D eigenvalue weighted by Gasteiger charge is -2.25. The van der Waals surface area contributed by atoms with Gasteiger partial charge in [-0.25, -0.2) is 19.6 Å². The molecule has 0 radical (unpaired) electrons. The summed E-state index contributed by atoms with van der Waals surface area (Å²) in [6.45, 7) is 0.388. The van der Waals surface area contributed by atoms with Crippen molar-refractivity contribution in [1.29, 1.82) is 0 Å². The number of hydrogen-bond donors (Lipinski definition) is 0. The smallest absolute Gasteiger partial charge is 0.412 e. The summed E-state index contributed by atoms with van der Waals surface area (Å²) in [6, 6.07) is -0.191. The van der Waals surface area contributed by atoms with E-state index in [-0.39, 0.29) is 6.03 Å². The second-order valence-corrected chi connectivity index (χ2v) is 4.20. The molecule has 0 aliphatic carbocycles. The number of rotatable bonds is 1. The highest BCUT2D eigenvalue weighted by Gasteiger charge is 2.27. The molecule has 0 N–H and O–H groups in total. The fourth-order valence-electron chi connectivity index (χ4n) is 1.25. The van der Waals surface area contributed by atoms with E-state index in [2.05, 4.69) is 0 Å². The average molecular weight is 242 g/mol. The zero-order valence-electron chi connectivity index (χ0n) is 10.8. The maximum Gasteiger partial charge on any atom is 0.414 e. The maximum absolute atomic E-state index is 11.7. The van der Waals surface area contributed by atoms with E-state index in [9.17, 15) is 9.59 Å². The van der Waals surface area contributed by atoms with Crippen molar-refractivity contribution in [3.05, 3.63) is 12.0 Å². The fourth-order valence-corrected chi connectivity index (χ4v) is 1.25. The highest BCUT2D eigenvalue weighted by atomic mass is 16.6. The molecule has 0 saturated carbocycles. The van der Waals surface area contributed by atoms with Crippen LogP contribution in [-0.4, -0.2) is 73.7 Å². The predicted molar refractivity (Wildman–Crippen MR) is 61.8 cm³/mol. The third kappa shape index (κ3) is 3.10. The monoisotopic (exact) mass is 242 g/mol. The van der Waals surface area contributed by atoms with Gasteiger partial charge in [0.2, 0.25) is 0 Å². The molecular weight excluding hydrogens is 224 g/mol. The minimum atomic E-state index is -0.455. The van der Waals surface area contributed by atoms with Gasteiger partial charge in [0.15, 0.2) is 0 Å². The molecule has 1 aliphatic rings. The standard InChI is InChI=1S/C10H18N4O3/c1-11(2)9(15)14-7-8(6-13(14)5)17-10(16)12(3)4/h7H,6H2,1-5H3. The number of ether oxygens (including phenoxy) is 1. The molecule has 0 saturated heterocycles. The Bertz CT molecular complexity index is 351. The Labute approximate surface area is 101 Å². The van der Waals surface area contributed by atoms with Crippen molar-refractivity contribution in [2.24, 2.45) is 0 Å². The molecule has 1 aliphatic heterocycles. The number of hydrazine groups is 1. The lowest BCUT2D eigenvalue weighted by Crippen LogP contribution is -2.42. The summed E-state index contributed by atoms with van der Waals surface area (Å²) in [5.41, 5.74) is 0. The zero-order chi connectivity index (χ0) is 13.2. The molecular formula is C10H18N4O3. The van der Waals surface area contributed by atoms with Gasteiger partial charge in [-0.05, 0) is 0 Å². The molecule has 0 atom stereocenters. The first kappa shape index (κ1) is 13.3. The molecule has 0 spiro atoms. The molecule has 0 unspecified atom stereocenters. The summed E-state index contributed by atoms with van der Waals surface area (Å²) < 4.78 is 5.10. The van der Waals surface area contributed by atoms with E-state index in [4.69, 9.17) is 4.74 Å². The Kier molecular flexibility index (Phi) is 3.95. The number of hydrogen-bond acceptors (Lipinski definition) is 4. The SMILES string of the molecule is CN(C)C(=O)OC1=CN(C(=O)N(C)C)N(C)C1. The van der Waals surface area contributed by atoms with Crippen LogP contribution in [0.4, 0.5) is 9.59 Å². The molecule has 7 heteroatoms. The van der Waals surface area contributed by atoms with Gasteiger partial charge in [-0.1, -0.05) is 0 Å². The third-order valence-corrected chi connectivity index (χ3v) is 2.18. The van der Waals surface area contributed by atoms with E-state index in [0.29, 0.717) is 12.3 Å². The van der Waals surface area contributed by atoms with Crippen LogP contribution in [0.3, 0.4) is 0 Å². The maximum atomic E-state index is 11.7. The highest BCUT2D eigenvalue weighted by molar-refractivity contribution is 5.75. The average Bonchev–Trinajstić information content (AvgIpc) is 2.57. The van der Waals surface area contributed by atoms with E-state index in [1.165, 1.54) is 21.0 Å².